The zero-order chi connectivity index (χ0) is 19.3. The van der Waals surface area contributed by atoms with Gasteiger partial charge in [0.2, 0.25) is 0 Å². The molecule has 0 N–H and O–H groups in total. The molecule has 1 atom stereocenters. The van der Waals surface area contributed by atoms with Gasteiger partial charge in [0.15, 0.2) is 0 Å². The molecule has 0 aromatic rings. The minimum absolute atomic E-state index is 0.208. The van der Waals surface area contributed by atoms with Crippen molar-refractivity contribution in [2.24, 2.45) is 0 Å². The third-order valence-corrected chi connectivity index (χ3v) is 5.70. The Morgan fingerprint density at radius 1 is 0.538 bits per heavy atom. The summed E-state index contributed by atoms with van der Waals surface area (Å²) in [5.41, 5.74) is 0. The molecule has 0 aromatic carbocycles. The molecule has 26 heavy (non-hydrogen) atoms. The van der Waals surface area contributed by atoms with Gasteiger partial charge in [-0.1, -0.05) is 110 Å². The molecule has 0 aliphatic carbocycles. The van der Waals surface area contributed by atoms with Crippen LogP contribution in [0.25, 0.3) is 0 Å². The maximum Gasteiger partial charge on any atom is 0.267 e. The Morgan fingerprint density at radius 2 is 0.885 bits per heavy atom. The number of hydrogen-bond donors (Lipinski definition) is 0. The van der Waals surface area contributed by atoms with Crippen molar-refractivity contribution in [1.29, 1.82) is 0 Å². The molecule has 0 fully saturated rings. The highest BCUT2D eigenvalue weighted by atomic mass is 31.2. The van der Waals surface area contributed by atoms with Gasteiger partial charge in [0, 0.05) is 0 Å². The Balaban J connectivity index is 3.14. The molecule has 0 spiro atoms. The molecule has 0 saturated heterocycles. The first kappa shape index (κ1) is 26.1. The highest BCUT2D eigenvalue weighted by Crippen LogP contribution is 2.38. The van der Waals surface area contributed by atoms with Crippen LogP contribution in [0, 0.1) is 0 Å². The van der Waals surface area contributed by atoms with Crippen LogP contribution in [0.3, 0.4) is 0 Å². The molecule has 0 aliphatic rings. The summed E-state index contributed by atoms with van der Waals surface area (Å²) in [4.78, 5) is 11.3. The Bertz CT molecular complexity index is 323. The van der Waals surface area contributed by atoms with Crippen molar-refractivity contribution in [2.45, 2.75) is 123 Å². The monoisotopic (exact) mass is 391 g/mol. The van der Waals surface area contributed by atoms with Crippen molar-refractivity contribution in [3.8, 4) is 0 Å². The number of rotatable bonds is 21. The van der Waals surface area contributed by atoms with E-state index in [0.717, 1.165) is 12.8 Å². The summed E-state index contributed by atoms with van der Waals surface area (Å²) in [6, 6.07) is 0. The van der Waals surface area contributed by atoms with Crippen LogP contribution in [0.15, 0.2) is 0 Å². The fraction of sp³-hybridized carbons (Fsp3) is 1.00. The second-order valence-corrected chi connectivity index (χ2v) is 8.83. The maximum absolute atomic E-state index is 11.3. The zero-order valence-corrected chi connectivity index (χ0v) is 18.4. The first-order chi connectivity index (χ1) is 12.6. The molecule has 0 heterocycles. The van der Waals surface area contributed by atoms with Gasteiger partial charge in [0.05, 0.1) is 13.2 Å². The van der Waals surface area contributed by atoms with Gasteiger partial charge < -0.3 is 13.9 Å². The predicted octanol–water partition coefficient (Wildman–Crippen LogP) is 7.16. The Hall–Kier alpha value is 0.110. The number of hydrogen-bond acceptors (Lipinski definition) is 4. The molecule has 0 aromatic heterocycles. The summed E-state index contributed by atoms with van der Waals surface area (Å²) in [7, 11) is -4.05. The normalized spacial score (nSPS) is 13.8. The summed E-state index contributed by atoms with van der Waals surface area (Å²) in [5, 5.41) is 0. The van der Waals surface area contributed by atoms with Crippen LogP contribution < -0.4 is 4.89 Å². The van der Waals surface area contributed by atoms with Gasteiger partial charge in [-0.2, -0.15) is 0 Å². The number of phosphoric acid groups is 1. The lowest BCUT2D eigenvalue weighted by molar-refractivity contribution is -0.225. The lowest BCUT2D eigenvalue weighted by atomic mass is 10.0. The molecule has 158 valence electrons. The van der Waals surface area contributed by atoms with Gasteiger partial charge in [-0.25, -0.2) is 0 Å². The van der Waals surface area contributed by atoms with Crippen LogP contribution in [0.4, 0.5) is 0 Å². The van der Waals surface area contributed by atoms with E-state index < -0.39 is 7.82 Å². The standard InChI is InChI=1S/C21H45O4P/c1-3-5-6-7-8-9-10-11-12-13-14-15-16-17-18-19-21-25-26(22,23)24-20-4-2/h3-21H2,1-2H3,(H,22,23)/p-1. The summed E-state index contributed by atoms with van der Waals surface area (Å²) >= 11 is 0. The molecule has 0 rings (SSSR count). The van der Waals surface area contributed by atoms with E-state index in [1.165, 1.54) is 89.9 Å². The Labute approximate surface area is 163 Å². The Morgan fingerprint density at radius 3 is 1.27 bits per heavy atom. The quantitative estimate of drug-likeness (QED) is 0.154. The molecule has 1 unspecified atom stereocenters. The van der Waals surface area contributed by atoms with Crippen LogP contribution in [0.5, 0.6) is 0 Å². The van der Waals surface area contributed by atoms with Gasteiger partial charge >= 0.3 is 0 Å². The summed E-state index contributed by atoms with van der Waals surface area (Å²) in [5.74, 6) is 0. The first-order valence-electron chi connectivity index (χ1n) is 11.2. The second kappa shape index (κ2) is 19.9. The molecular weight excluding hydrogens is 347 g/mol. The summed E-state index contributed by atoms with van der Waals surface area (Å²) < 4.78 is 20.8. The highest BCUT2D eigenvalue weighted by molar-refractivity contribution is 7.45. The van der Waals surface area contributed by atoms with Crippen molar-refractivity contribution in [3.63, 3.8) is 0 Å². The van der Waals surface area contributed by atoms with Crippen molar-refractivity contribution in [1.82, 2.24) is 0 Å². The van der Waals surface area contributed by atoms with Gasteiger partial charge in [0.1, 0.15) is 0 Å². The average Bonchev–Trinajstić information content (AvgIpc) is 2.62. The first-order valence-corrected chi connectivity index (χ1v) is 12.7. The van der Waals surface area contributed by atoms with Crippen LogP contribution in [-0.2, 0) is 13.6 Å². The van der Waals surface area contributed by atoms with Crippen molar-refractivity contribution in [3.05, 3.63) is 0 Å². The van der Waals surface area contributed by atoms with Crippen molar-refractivity contribution >= 4 is 7.82 Å². The molecule has 0 aliphatic heterocycles. The lowest BCUT2D eigenvalue weighted by Gasteiger charge is -2.22. The molecule has 0 saturated carbocycles. The van der Waals surface area contributed by atoms with Gasteiger partial charge in [-0.3, -0.25) is 4.57 Å². The second-order valence-electron chi connectivity index (χ2n) is 7.42. The van der Waals surface area contributed by atoms with E-state index in [-0.39, 0.29) is 13.2 Å². The van der Waals surface area contributed by atoms with Crippen molar-refractivity contribution in [2.75, 3.05) is 13.2 Å². The van der Waals surface area contributed by atoms with E-state index in [0.29, 0.717) is 6.42 Å². The van der Waals surface area contributed by atoms with Crippen LogP contribution in [0.1, 0.15) is 123 Å². The topological polar surface area (TPSA) is 58.6 Å². The fourth-order valence-corrected chi connectivity index (χ4v) is 3.90. The lowest BCUT2D eigenvalue weighted by Crippen LogP contribution is -2.09. The fourth-order valence-electron chi connectivity index (χ4n) is 3.07. The van der Waals surface area contributed by atoms with Gasteiger partial charge in [0.25, 0.3) is 7.82 Å². The van der Waals surface area contributed by atoms with Gasteiger partial charge in [-0.15, -0.1) is 0 Å². The minimum Gasteiger partial charge on any atom is -0.756 e. The molecule has 0 radical (unpaired) electrons. The van der Waals surface area contributed by atoms with E-state index in [4.69, 9.17) is 4.52 Å². The zero-order valence-electron chi connectivity index (χ0n) is 17.5. The molecule has 4 nitrogen and oxygen atoms in total. The smallest absolute Gasteiger partial charge is 0.267 e. The van der Waals surface area contributed by atoms with E-state index in [1.807, 2.05) is 6.92 Å². The number of unbranched alkanes of at least 4 members (excludes halogenated alkanes) is 15. The summed E-state index contributed by atoms with van der Waals surface area (Å²) in [6.07, 6.45) is 21.6. The highest BCUT2D eigenvalue weighted by Gasteiger charge is 2.07. The third-order valence-electron chi connectivity index (χ3n) is 4.70. The van der Waals surface area contributed by atoms with E-state index >= 15 is 0 Å². The molecular formula is C21H44O4P-. The van der Waals surface area contributed by atoms with Crippen molar-refractivity contribution < 1.29 is 18.5 Å². The van der Waals surface area contributed by atoms with Crippen LogP contribution in [-0.4, -0.2) is 13.2 Å². The number of phosphoric ester groups is 1. The molecule has 0 bridgehead atoms. The van der Waals surface area contributed by atoms with E-state index in [2.05, 4.69) is 11.4 Å². The largest absolute Gasteiger partial charge is 0.756 e. The van der Waals surface area contributed by atoms with E-state index in [9.17, 15) is 9.46 Å². The summed E-state index contributed by atoms with van der Waals surface area (Å²) in [6.45, 7) is 4.60. The molecule has 5 heteroatoms. The SMILES string of the molecule is CCCCCCCCCCCCCCCCCCOP(=O)([O-])OCCC. The van der Waals surface area contributed by atoms with Crippen LogP contribution >= 0.6 is 7.82 Å². The Kier molecular flexibility index (Phi) is 19.9. The maximum atomic E-state index is 11.3. The van der Waals surface area contributed by atoms with E-state index in [1.54, 1.807) is 0 Å². The molecule has 0 amide bonds. The average molecular weight is 392 g/mol. The van der Waals surface area contributed by atoms with Gasteiger partial charge in [-0.05, 0) is 12.8 Å². The predicted molar refractivity (Wildman–Crippen MR) is 109 cm³/mol. The minimum atomic E-state index is -4.05. The third kappa shape index (κ3) is 20.4. The van der Waals surface area contributed by atoms with Crippen LogP contribution in [0.2, 0.25) is 0 Å².